The van der Waals surface area contributed by atoms with Gasteiger partial charge in [0.1, 0.15) is 10.9 Å². The quantitative estimate of drug-likeness (QED) is 0.710. The zero-order valence-electron chi connectivity index (χ0n) is 10.9. The van der Waals surface area contributed by atoms with E-state index in [1.54, 1.807) is 17.6 Å². The molecule has 104 valence electrons. The molecule has 0 saturated carbocycles. The van der Waals surface area contributed by atoms with Crippen LogP contribution < -0.4 is 11.1 Å². The van der Waals surface area contributed by atoms with Crippen molar-refractivity contribution < 1.29 is 4.42 Å². The van der Waals surface area contributed by atoms with Crippen LogP contribution in [0.3, 0.4) is 0 Å². The molecule has 0 fully saturated rings. The van der Waals surface area contributed by atoms with E-state index in [1.807, 2.05) is 31.2 Å². The maximum atomic E-state index is 6.07. The molecule has 0 amide bonds. The molecule has 0 saturated heterocycles. The number of fused-ring (bicyclic) bond motifs is 1. The average molecular weight is 308 g/mol. The fraction of sp³-hybridized carbons (Fsp3) is 0.214. The van der Waals surface area contributed by atoms with E-state index in [-0.39, 0.29) is 6.04 Å². The molecule has 1 atom stereocenters. The van der Waals surface area contributed by atoms with Gasteiger partial charge in [0.2, 0.25) is 0 Å². The van der Waals surface area contributed by atoms with Gasteiger partial charge in [0, 0.05) is 17.0 Å². The predicted molar refractivity (Wildman–Crippen MR) is 83.3 cm³/mol. The Balaban J connectivity index is 1.96. The van der Waals surface area contributed by atoms with Gasteiger partial charge in [0.25, 0.3) is 0 Å². The molecule has 3 N–H and O–H groups in total. The van der Waals surface area contributed by atoms with Crippen molar-refractivity contribution >= 4 is 38.8 Å². The molecular formula is C14H14ClN3OS. The van der Waals surface area contributed by atoms with Gasteiger partial charge in [0.15, 0.2) is 0 Å². The monoisotopic (exact) mass is 307 g/mol. The largest absolute Gasteiger partial charge is 0.467 e. The first kappa shape index (κ1) is 13.4. The summed E-state index contributed by atoms with van der Waals surface area (Å²) in [5.74, 6) is 0.870. The Morgan fingerprint density at radius 2 is 2.35 bits per heavy atom. The molecule has 3 aromatic rings. The minimum Gasteiger partial charge on any atom is -0.467 e. The van der Waals surface area contributed by atoms with Crippen LogP contribution in [0.5, 0.6) is 0 Å². The molecular weight excluding hydrogens is 294 g/mol. The Kier molecular flexibility index (Phi) is 3.65. The third kappa shape index (κ3) is 2.65. The number of halogens is 1. The van der Waals surface area contributed by atoms with Gasteiger partial charge in [-0.2, -0.15) is 0 Å². The molecule has 3 heterocycles. The van der Waals surface area contributed by atoms with Crippen molar-refractivity contribution in [2.24, 2.45) is 5.73 Å². The number of hydrogen-bond donors (Lipinski definition) is 2. The van der Waals surface area contributed by atoms with Crippen molar-refractivity contribution in [1.29, 1.82) is 0 Å². The smallest absolute Gasteiger partial charge is 0.131 e. The molecule has 0 aromatic carbocycles. The molecule has 4 nitrogen and oxygen atoms in total. The summed E-state index contributed by atoms with van der Waals surface area (Å²) in [7, 11) is 0. The summed E-state index contributed by atoms with van der Waals surface area (Å²) in [6, 6.07) is 7.61. The van der Waals surface area contributed by atoms with E-state index in [9.17, 15) is 0 Å². The molecule has 0 spiro atoms. The molecule has 20 heavy (non-hydrogen) atoms. The number of thiophene rings is 1. The zero-order valence-corrected chi connectivity index (χ0v) is 12.5. The Bertz CT molecular complexity index is 721. The normalized spacial score (nSPS) is 12.8. The van der Waals surface area contributed by atoms with E-state index >= 15 is 0 Å². The number of aromatic nitrogens is 1. The summed E-state index contributed by atoms with van der Waals surface area (Å²) in [5, 5.41) is 3.80. The highest BCUT2D eigenvalue weighted by Crippen LogP contribution is 2.35. The van der Waals surface area contributed by atoms with Crippen LogP contribution in [0.4, 0.5) is 5.69 Å². The summed E-state index contributed by atoms with van der Waals surface area (Å²) < 4.78 is 6.38. The first-order valence-corrected chi connectivity index (χ1v) is 7.45. The fourth-order valence-corrected chi connectivity index (χ4v) is 3.20. The van der Waals surface area contributed by atoms with Crippen LogP contribution in [-0.2, 0) is 6.54 Å². The number of hydrogen-bond acceptors (Lipinski definition) is 5. The van der Waals surface area contributed by atoms with E-state index < -0.39 is 0 Å². The standard InChI is InChI=1S/C14H14ClN3OS/c1-8(16)12-5-11-14(20-12)10(6-13(15)18-11)17-7-9-3-2-4-19-9/h2-6,8H,7,16H2,1H3,(H,17,18)/t8-/m0/s1. The van der Waals surface area contributed by atoms with E-state index in [0.29, 0.717) is 11.7 Å². The molecule has 3 aromatic heterocycles. The topological polar surface area (TPSA) is 64.1 Å². The second-order valence-electron chi connectivity index (χ2n) is 4.58. The lowest BCUT2D eigenvalue weighted by atomic mass is 10.2. The van der Waals surface area contributed by atoms with Crippen LogP contribution in [0, 0.1) is 0 Å². The third-order valence-corrected chi connectivity index (χ3v) is 4.50. The van der Waals surface area contributed by atoms with Crippen LogP contribution >= 0.6 is 22.9 Å². The van der Waals surface area contributed by atoms with Gasteiger partial charge in [-0.15, -0.1) is 11.3 Å². The number of nitrogens with zero attached hydrogens (tertiary/aromatic N) is 1. The molecule has 3 rings (SSSR count). The zero-order chi connectivity index (χ0) is 14.1. The number of furan rings is 1. The molecule has 0 bridgehead atoms. The van der Waals surface area contributed by atoms with Gasteiger partial charge in [-0.1, -0.05) is 11.6 Å². The summed E-state index contributed by atoms with van der Waals surface area (Å²) in [6.07, 6.45) is 1.66. The molecule has 6 heteroatoms. The van der Waals surface area contributed by atoms with E-state index in [0.717, 1.165) is 26.5 Å². The van der Waals surface area contributed by atoms with Crippen molar-refractivity contribution in [2.75, 3.05) is 5.32 Å². The Labute approximate surface area is 125 Å². The summed E-state index contributed by atoms with van der Waals surface area (Å²) in [5.41, 5.74) is 7.76. The summed E-state index contributed by atoms with van der Waals surface area (Å²) >= 11 is 7.71. The van der Waals surface area contributed by atoms with Crippen LogP contribution in [0.25, 0.3) is 10.2 Å². The van der Waals surface area contributed by atoms with Gasteiger partial charge in [0.05, 0.1) is 28.7 Å². The predicted octanol–water partition coefficient (Wildman–Crippen LogP) is 4.17. The number of nitrogens with one attached hydrogen (secondary N) is 1. The number of pyridine rings is 1. The second-order valence-corrected chi connectivity index (χ2v) is 6.05. The van der Waals surface area contributed by atoms with Crippen molar-refractivity contribution in [3.63, 3.8) is 0 Å². The van der Waals surface area contributed by atoms with Crippen LogP contribution in [0.2, 0.25) is 5.15 Å². The van der Waals surface area contributed by atoms with E-state index in [2.05, 4.69) is 10.3 Å². The highest BCUT2D eigenvalue weighted by atomic mass is 35.5. The fourth-order valence-electron chi connectivity index (χ4n) is 1.96. The van der Waals surface area contributed by atoms with Crippen molar-refractivity contribution in [3.05, 3.63) is 46.3 Å². The molecule has 0 unspecified atom stereocenters. The summed E-state index contributed by atoms with van der Waals surface area (Å²) in [4.78, 5) is 5.43. The van der Waals surface area contributed by atoms with Crippen molar-refractivity contribution in [1.82, 2.24) is 4.98 Å². The number of anilines is 1. The van der Waals surface area contributed by atoms with Crippen LogP contribution in [0.15, 0.2) is 34.9 Å². The van der Waals surface area contributed by atoms with Gasteiger partial charge in [-0.05, 0) is 25.1 Å². The summed E-state index contributed by atoms with van der Waals surface area (Å²) in [6.45, 7) is 2.57. The first-order chi connectivity index (χ1) is 9.63. The Hall–Kier alpha value is -1.56. The van der Waals surface area contributed by atoms with Crippen molar-refractivity contribution in [2.45, 2.75) is 19.5 Å². The Morgan fingerprint density at radius 3 is 3.05 bits per heavy atom. The minimum absolute atomic E-state index is 0.00843. The average Bonchev–Trinajstić information content (AvgIpc) is 3.04. The van der Waals surface area contributed by atoms with Gasteiger partial charge in [-0.3, -0.25) is 0 Å². The van der Waals surface area contributed by atoms with Crippen LogP contribution in [0.1, 0.15) is 23.6 Å². The van der Waals surface area contributed by atoms with Crippen LogP contribution in [-0.4, -0.2) is 4.98 Å². The number of rotatable bonds is 4. The lowest BCUT2D eigenvalue weighted by Gasteiger charge is -2.06. The molecule has 0 aliphatic carbocycles. The highest BCUT2D eigenvalue weighted by Gasteiger charge is 2.12. The lowest BCUT2D eigenvalue weighted by Crippen LogP contribution is -2.01. The van der Waals surface area contributed by atoms with Gasteiger partial charge >= 0.3 is 0 Å². The minimum atomic E-state index is -0.00843. The first-order valence-electron chi connectivity index (χ1n) is 6.25. The third-order valence-electron chi connectivity index (χ3n) is 2.95. The van der Waals surface area contributed by atoms with E-state index in [1.165, 1.54) is 0 Å². The highest BCUT2D eigenvalue weighted by molar-refractivity contribution is 7.19. The van der Waals surface area contributed by atoms with Gasteiger partial charge < -0.3 is 15.5 Å². The molecule has 0 radical (unpaired) electrons. The number of nitrogens with two attached hydrogens (primary N) is 1. The van der Waals surface area contributed by atoms with Gasteiger partial charge in [-0.25, -0.2) is 4.98 Å². The second kappa shape index (κ2) is 5.44. The maximum absolute atomic E-state index is 6.07. The van der Waals surface area contributed by atoms with E-state index in [4.69, 9.17) is 21.8 Å². The lowest BCUT2D eigenvalue weighted by molar-refractivity contribution is 0.518. The SMILES string of the molecule is C[C@H](N)c1cc2nc(Cl)cc(NCc3ccco3)c2s1. The maximum Gasteiger partial charge on any atom is 0.131 e. The molecule has 0 aliphatic heterocycles. The Morgan fingerprint density at radius 1 is 1.50 bits per heavy atom. The van der Waals surface area contributed by atoms with Crippen molar-refractivity contribution in [3.8, 4) is 0 Å². The molecule has 0 aliphatic rings.